The van der Waals surface area contributed by atoms with E-state index < -0.39 is 5.41 Å². The average Bonchev–Trinajstić information content (AvgIpc) is 2.83. The normalized spacial score (nSPS) is 21.9. The minimum atomic E-state index is -0.545. The molecule has 1 aromatic rings. The van der Waals surface area contributed by atoms with E-state index >= 15 is 0 Å². The Balaban J connectivity index is 2.20. The van der Waals surface area contributed by atoms with E-state index in [2.05, 4.69) is 26.2 Å². The quantitative estimate of drug-likeness (QED) is 0.822. The molecule has 7 heteroatoms. The van der Waals surface area contributed by atoms with Gasteiger partial charge in [-0.25, -0.2) is 4.98 Å². The zero-order chi connectivity index (χ0) is 14.9. The summed E-state index contributed by atoms with van der Waals surface area (Å²) in [6.07, 6.45) is 2.18. The fourth-order valence-corrected chi connectivity index (χ4v) is 2.88. The highest BCUT2D eigenvalue weighted by Crippen LogP contribution is 2.32. The first kappa shape index (κ1) is 15.3. The molecule has 1 N–H and O–H groups in total. The van der Waals surface area contributed by atoms with Gasteiger partial charge in [-0.1, -0.05) is 11.6 Å². The monoisotopic (exact) mass is 359 g/mol. The van der Waals surface area contributed by atoms with Crippen LogP contribution in [0.1, 0.15) is 23.7 Å². The summed E-state index contributed by atoms with van der Waals surface area (Å²) in [6.45, 7) is 2.78. The number of carbonyl (C=O) groups excluding carboxylic acids is 2. The molecular weight excluding hydrogens is 346 g/mol. The molecule has 2 heterocycles. The molecule has 0 saturated carbocycles. The van der Waals surface area contributed by atoms with Gasteiger partial charge >= 0.3 is 0 Å². The number of halogens is 2. The lowest BCUT2D eigenvalue weighted by molar-refractivity contribution is -0.128. The second kappa shape index (κ2) is 5.69. The number of amides is 2. The van der Waals surface area contributed by atoms with E-state index in [-0.39, 0.29) is 17.0 Å². The molecule has 1 fully saturated rings. The number of pyridine rings is 1. The van der Waals surface area contributed by atoms with Gasteiger partial charge in [-0.05, 0) is 35.3 Å². The highest BCUT2D eigenvalue weighted by molar-refractivity contribution is 9.10. The molecule has 0 aliphatic carbocycles. The van der Waals surface area contributed by atoms with Crippen molar-refractivity contribution in [2.75, 3.05) is 20.1 Å². The van der Waals surface area contributed by atoms with Crippen molar-refractivity contribution in [2.45, 2.75) is 13.3 Å². The summed E-state index contributed by atoms with van der Waals surface area (Å²) in [6, 6.07) is 1.65. The molecular formula is C13H15BrClN3O2. The topological polar surface area (TPSA) is 62.3 Å². The number of nitrogens with zero attached hydrogens (tertiary/aromatic N) is 2. The Labute approximate surface area is 130 Å². The van der Waals surface area contributed by atoms with Crippen molar-refractivity contribution in [1.82, 2.24) is 15.2 Å². The molecule has 0 spiro atoms. The molecule has 108 valence electrons. The van der Waals surface area contributed by atoms with Crippen LogP contribution in [-0.4, -0.2) is 41.8 Å². The molecule has 1 aliphatic rings. The van der Waals surface area contributed by atoms with Gasteiger partial charge in [-0.3, -0.25) is 9.59 Å². The van der Waals surface area contributed by atoms with Gasteiger partial charge < -0.3 is 10.2 Å². The highest BCUT2D eigenvalue weighted by Gasteiger charge is 2.42. The van der Waals surface area contributed by atoms with Crippen molar-refractivity contribution in [2.24, 2.45) is 5.41 Å². The molecule has 2 amide bonds. The fourth-order valence-electron chi connectivity index (χ4n) is 2.36. The summed E-state index contributed by atoms with van der Waals surface area (Å²) >= 11 is 9.25. The Bertz CT molecular complexity index is 567. The predicted molar refractivity (Wildman–Crippen MR) is 79.6 cm³/mol. The Morgan fingerprint density at radius 1 is 1.55 bits per heavy atom. The predicted octanol–water partition coefficient (Wildman–Crippen LogP) is 2.10. The van der Waals surface area contributed by atoms with Gasteiger partial charge in [0.1, 0.15) is 5.15 Å². The first-order chi connectivity index (χ1) is 9.37. The summed E-state index contributed by atoms with van der Waals surface area (Å²) in [5.74, 6) is -0.248. The van der Waals surface area contributed by atoms with Crippen molar-refractivity contribution in [3.63, 3.8) is 0 Å². The van der Waals surface area contributed by atoms with E-state index in [1.807, 2.05) is 6.92 Å². The molecule has 5 nitrogen and oxygen atoms in total. The lowest BCUT2D eigenvalue weighted by Crippen LogP contribution is -2.40. The van der Waals surface area contributed by atoms with E-state index in [9.17, 15) is 9.59 Å². The molecule has 1 unspecified atom stereocenters. The van der Waals surface area contributed by atoms with Crippen LogP contribution in [-0.2, 0) is 4.79 Å². The number of likely N-dealkylation sites (tertiary alicyclic amines) is 1. The van der Waals surface area contributed by atoms with Crippen LogP contribution in [0.5, 0.6) is 0 Å². The molecule has 0 aromatic carbocycles. The molecule has 1 atom stereocenters. The molecule has 1 saturated heterocycles. The van der Waals surface area contributed by atoms with Crippen LogP contribution >= 0.6 is 27.5 Å². The standard InChI is InChI=1S/C13H15BrClN3O2/c1-13(12(20)16-2)3-4-18(7-13)11(19)9-5-8(14)6-17-10(9)15/h5-6H,3-4,7H2,1-2H3,(H,16,20). The third-order valence-electron chi connectivity index (χ3n) is 3.57. The van der Waals surface area contributed by atoms with Gasteiger partial charge in [-0.2, -0.15) is 0 Å². The molecule has 2 rings (SSSR count). The van der Waals surface area contributed by atoms with Gasteiger partial charge in [0.05, 0.1) is 11.0 Å². The molecule has 1 aromatic heterocycles. The maximum atomic E-state index is 12.5. The Morgan fingerprint density at radius 2 is 2.25 bits per heavy atom. The largest absolute Gasteiger partial charge is 0.359 e. The van der Waals surface area contributed by atoms with Crippen LogP contribution in [0.15, 0.2) is 16.7 Å². The van der Waals surface area contributed by atoms with Crippen LogP contribution in [0, 0.1) is 5.41 Å². The van der Waals surface area contributed by atoms with E-state index in [0.29, 0.717) is 29.5 Å². The zero-order valence-corrected chi connectivity index (χ0v) is 13.6. The number of nitrogens with one attached hydrogen (secondary N) is 1. The number of hydrogen-bond donors (Lipinski definition) is 1. The van der Waals surface area contributed by atoms with Crippen molar-refractivity contribution in [3.8, 4) is 0 Å². The van der Waals surface area contributed by atoms with Crippen molar-refractivity contribution in [1.29, 1.82) is 0 Å². The van der Waals surface area contributed by atoms with Crippen molar-refractivity contribution < 1.29 is 9.59 Å². The molecule has 0 radical (unpaired) electrons. The molecule has 1 aliphatic heterocycles. The van der Waals surface area contributed by atoms with Crippen LogP contribution < -0.4 is 5.32 Å². The average molecular weight is 361 g/mol. The van der Waals surface area contributed by atoms with Crippen LogP contribution in [0.25, 0.3) is 0 Å². The first-order valence-electron chi connectivity index (χ1n) is 6.20. The van der Waals surface area contributed by atoms with Crippen molar-refractivity contribution in [3.05, 3.63) is 27.5 Å². The molecule has 20 heavy (non-hydrogen) atoms. The summed E-state index contributed by atoms with van der Waals surface area (Å²) < 4.78 is 0.693. The van der Waals surface area contributed by atoms with Gasteiger partial charge in [0.15, 0.2) is 0 Å². The Morgan fingerprint density at radius 3 is 2.90 bits per heavy atom. The second-order valence-corrected chi connectivity index (χ2v) is 6.38. The van der Waals surface area contributed by atoms with Crippen molar-refractivity contribution >= 4 is 39.3 Å². The summed E-state index contributed by atoms with van der Waals surface area (Å²) in [5, 5.41) is 2.82. The number of aromatic nitrogens is 1. The SMILES string of the molecule is CNC(=O)C1(C)CCN(C(=O)c2cc(Br)cnc2Cl)C1. The Hall–Kier alpha value is -1.14. The summed E-state index contributed by atoms with van der Waals surface area (Å²) in [7, 11) is 1.60. The zero-order valence-electron chi connectivity index (χ0n) is 11.2. The highest BCUT2D eigenvalue weighted by atomic mass is 79.9. The first-order valence-corrected chi connectivity index (χ1v) is 7.37. The minimum Gasteiger partial charge on any atom is -0.359 e. The lowest BCUT2D eigenvalue weighted by Gasteiger charge is -2.22. The van der Waals surface area contributed by atoms with Gasteiger partial charge in [0.2, 0.25) is 5.91 Å². The maximum Gasteiger partial charge on any atom is 0.257 e. The minimum absolute atomic E-state index is 0.0498. The van der Waals surface area contributed by atoms with E-state index in [4.69, 9.17) is 11.6 Å². The van der Waals surface area contributed by atoms with Crippen LogP contribution in [0.3, 0.4) is 0 Å². The summed E-state index contributed by atoms with van der Waals surface area (Å²) in [4.78, 5) is 29.9. The third kappa shape index (κ3) is 2.81. The maximum absolute atomic E-state index is 12.5. The van der Waals surface area contributed by atoms with Crippen LogP contribution in [0.2, 0.25) is 5.15 Å². The molecule has 0 bridgehead atoms. The smallest absolute Gasteiger partial charge is 0.257 e. The van der Waals surface area contributed by atoms with E-state index in [1.165, 1.54) is 6.20 Å². The van der Waals surface area contributed by atoms with E-state index in [1.54, 1.807) is 18.0 Å². The number of rotatable bonds is 2. The number of carbonyl (C=O) groups is 2. The van der Waals surface area contributed by atoms with Crippen LogP contribution in [0.4, 0.5) is 0 Å². The Kier molecular flexibility index (Phi) is 4.34. The summed E-state index contributed by atoms with van der Waals surface area (Å²) in [5.41, 5.74) is -0.196. The third-order valence-corrected chi connectivity index (χ3v) is 4.31. The lowest BCUT2D eigenvalue weighted by atomic mass is 9.89. The van der Waals surface area contributed by atoms with Gasteiger partial charge in [0.25, 0.3) is 5.91 Å². The van der Waals surface area contributed by atoms with Gasteiger partial charge in [0, 0.05) is 30.8 Å². The van der Waals surface area contributed by atoms with E-state index in [0.717, 1.165) is 0 Å². The number of hydrogen-bond acceptors (Lipinski definition) is 3. The fraction of sp³-hybridized carbons (Fsp3) is 0.462. The second-order valence-electron chi connectivity index (χ2n) is 5.11. The van der Waals surface area contributed by atoms with Gasteiger partial charge in [-0.15, -0.1) is 0 Å².